The van der Waals surface area contributed by atoms with Crippen molar-refractivity contribution >= 4 is 17.9 Å². The molecule has 0 aliphatic carbocycles. The molecule has 6 heteroatoms. The molecule has 0 saturated heterocycles. The molecule has 1 aliphatic rings. The first-order valence-electron chi connectivity index (χ1n) is 9.73. The third-order valence-electron chi connectivity index (χ3n) is 4.63. The molecule has 0 saturated carbocycles. The molecular weight excluding hydrogens is 368 g/mol. The molecule has 29 heavy (non-hydrogen) atoms. The lowest BCUT2D eigenvalue weighted by atomic mass is 10.0. The molecule has 3 amide bonds. The summed E-state index contributed by atoms with van der Waals surface area (Å²) in [6.07, 6.45) is 0.490. The topological polar surface area (TPSA) is 75.7 Å². The van der Waals surface area contributed by atoms with Gasteiger partial charge in [-0.05, 0) is 51.3 Å². The van der Waals surface area contributed by atoms with Crippen LogP contribution >= 0.6 is 0 Å². The highest BCUT2D eigenvalue weighted by Crippen LogP contribution is 2.23. The Balaban J connectivity index is 1.69. The van der Waals surface area contributed by atoms with Crippen LogP contribution in [-0.4, -0.2) is 41.0 Å². The summed E-state index contributed by atoms with van der Waals surface area (Å²) in [4.78, 5) is 38.7. The maximum atomic E-state index is 12.6. The molecule has 1 atom stereocenters. The summed E-state index contributed by atoms with van der Waals surface area (Å²) < 4.78 is 5.37. The Morgan fingerprint density at radius 1 is 0.966 bits per heavy atom. The standard InChI is InChI=1S/C23H26N2O4/c1-23(2,3)29-22(28)24-17(15-16-9-5-4-6-10-16)13-14-25-20(26)18-11-7-8-12-19(18)21(25)27/h4-12,17H,13-15H2,1-3H3,(H,24,28)/t17-/m1/s1. The van der Waals surface area contributed by atoms with Gasteiger partial charge in [-0.1, -0.05) is 42.5 Å². The van der Waals surface area contributed by atoms with Crippen molar-refractivity contribution in [3.05, 3.63) is 71.3 Å². The Morgan fingerprint density at radius 3 is 2.07 bits per heavy atom. The number of alkyl carbamates (subject to hydrolysis) is 1. The maximum Gasteiger partial charge on any atom is 0.407 e. The second-order valence-corrected chi connectivity index (χ2v) is 8.13. The number of rotatable bonds is 6. The van der Waals surface area contributed by atoms with Crippen LogP contribution in [0.4, 0.5) is 4.79 Å². The van der Waals surface area contributed by atoms with Crippen molar-refractivity contribution in [3.8, 4) is 0 Å². The summed E-state index contributed by atoms with van der Waals surface area (Å²) in [6, 6.07) is 16.3. The number of carbonyl (C=O) groups is 3. The van der Waals surface area contributed by atoms with E-state index >= 15 is 0 Å². The van der Waals surface area contributed by atoms with Crippen LogP contribution in [0.2, 0.25) is 0 Å². The molecule has 6 nitrogen and oxygen atoms in total. The van der Waals surface area contributed by atoms with E-state index in [1.807, 2.05) is 30.3 Å². The van der Waals surface area contributed by atoms with Gasteiger partial charge in [0.2, 0.25) is 0 Å². The fraction of sp³-hybridized carbons (Fsp3) is 0.348. The number of imide groups is 1. The van der Waals surface area contributed by atoms with Gasteiger partial charge < -0.3 is 10.1 Å². The first-order valence-corrected chi connectivity index (χ1v) is 9.73. The van der Waals surface area contributed by atoms with Gasteiger partial charge in [0.05, 0.1) is 11.1 Å². The summed E-state index contributed by atoms with van der Waals surface area (Å²) >= 11 is 0. The largest absolute Gasteiger partial charge is 0.444 e. The van der Waals surface area contributed by atoms with Gasteiger partial charge in [0.25, 0.3) is 11.8 Å². The average molecular weight is 394 g/mol. The van der Waals surface area contributed by atoms with Crippen molar-refractivity contribution in [1.82, 2.24) is 10.2 Å². The van der Waals surface area contributed by atoms with Crippen LogP contribution in [0.1, 0.15) is 53.5 Å². The van der Waals surface area contributed by atoms with Crippen LogP contribution in [0, 0.1) is 0 Å². The van der Waals surface area contributed by atoms with Crippen molar-refractivity contribution in [2.24, 2.45) is 0 Å². The Kier molecular flexibility index (Phi) is 6.01. The van der Waals surface area contributed by atoms with Gasteiger partial charge in [0.15, 0.2) is 0 Å². The lowest BCUT2D eigenvalue weighted by Gasteiger charge is -2.25. The molecule has 1 N–H and O–H groups in total. The molecule has 0 aromatic heterocycles. The van der Waals surface area contributed by atoms with Gasteiger partial charge in [0, 0.05) is 12.6 Å². The highest BCUT2D eigenvalue weighted by molar-refractivity contribution is 6.21. The van der Waals surface area contributed by atoms with Crippen LogP contribution in [0.3, 0.4) is 0 Å². The van der Waals surface area contributed by atoms with Crippen LogP contribution in [0.15, 0.2) is 54.6 Å². The molecule has 0 radical (unpaired) electrons. The number of nitrogens with zero attached hydrogens (tertiary/aromatic N) is 1. The normalized spacial score (nSPS) is 14.5. The molecule has 152 valence electrons. The molecule has 0 unspecified atom stereocenters. The monoisotopic (exact) mass is 394 g/mol. The summed E-state index contributed by atoms with van der Waals surface area (Å²) in [7, 11) is 0. The average Bonchev–Trinajstić information content (AvgIpc) is 2.90. The van der Waals surface area contributed by atoms with E-state index in [-0.39, 0.29) is 24.4 Å². The Labute approximate surface area is 170 Å². The van der Waals surface area contributed by atoms with Gasteiger partial charge in [0.1, 0.15) is 5.60 Å². The Hall–Kier alpha value is -3.15. The minimum absolute atomic E-state index is 0.222. The molecule has 1 heterocycles. The minimum Gasteiger partial charge on any atom is -0.444 e. The molecular formula is C23H26N2O4. The van der Waals surface area contributed by atoms with E-state index in [2.05, 4.69) is 5.32 Å². The van der Waals surface area contributed by atoms with E-state index in [0.717, 1.165) is 5.56 Å². The van der Waals surface area contributed by atoms with Crippen LogP contribution in [-0.2, 0) is 11.2 Å². The highest BCUT2D eigenvalue weighted by Gasteiger charge is 2.35. The number of hydrogen-bond acceptors (Lipinski definition) is 4. The third kappa shape index (κ3) is 5.22. The first kappa shape index (κ1) is 20.6. The third-order valence-corrected chi connectivity index (χ3v) is 4.63. The predicted molar refractivity (Wildman–Crippen MR) is 110 cm³/mol. The summed E-state index contributed by atoms with van der Waals surface area (Å²) in [5.74, 6) is -0.581. The van der Waals surface area contributed by atoms with Crippen LogP contribution < -0.4 is 5.32 Å². The van der Waals surface area contributed by atoms with Crippen molar-refractivity contribution < 1.29 is 19.1 Å². The van der Waals surface area contributed by atoms with Gasteiger partial charge in [-0.15, -0.1) is 0 Å². The van der Waals surface area contributed by atoms with E-state index in [4.69, 9.17) is 4.74 Å². The lowest BCUT2D eigenvalue weighted by molar-refractivity contribution is 0.0499. The molecule has 0 spiro atoms. The number of nitrogens with one attached hydrogen (secondary N) is 1. The van der Waals surface area contributed by atoms with Crippen molar-refractivity contribution in [3.63, 3.8) is 0 Å². The van der Waals surface area contributed by atoms with Crippen molar-refractivity contribution in [1.29, 1.82) is 0 Å². The van der Waals surface area contributed by atoms with E-state index in [1.165, 1.54) is 4.90 Å². The lowest BCUT2D eigenvalue weighted by Crippen LogP contribution is -2.42. The van der Waals surface area contributed by atoms with Gasteiger partial charge in [-0.25, -0.2) is 4.79 Å². The van der Waals surface area contributed by atoms with Crippen LogP contribution in [0.5, 0.6) is 0 Å². The zero-order chi connectivity index (χ0) is 21.0. The SMILES string of the molecule is CC(C)(C)OC(=O)N[C@H](CCN1C(=O)c2ccccc2C1=O)Cc1ccccc1. The fourth-order valence-corrected chi connectivity index (χ4v) is 3.33. The maximum absolute atomic E-state index is 12.6. The summed E-state index contributed by atoms with van der Waals surface area (Å²) in [5.41, 5.74) is 1.30. The Morgan fingerprint density at radius 2 is 1.52 bits per heavy atom. The molecule has 1 aliphatic heterocycles. The zero-order valence-corrected chi connectivity index (χ0v) is 17.0. The molecule has 2 aromatic carbocycles. The minimum atomic E-state index is -0.607. The number of amides is 3. The number of fused-ring (bicyclic) bond motifs is 1. The van der Waals surface area contributed by atoms with E-state index in [9.17, 15) is 14.4 Å². The van der Waals surface area contributed by atoms with Crippen LogP contribution in [0.25, 0.3) is 0 Å². The number of ether oxygens (including phenoxy) is 1. The van der Waals surface area contributed by atoms with E-state index in [0.29, 0.717) is 24.0 Å². The molecule has 2 aromatic rings. The summed E-state index contributed by atoms with van der Waals surface area (Å²) in [5, 5.41) is 2.89. The zero-order valence-electron chi connectivity index (χ0n) is 17.0. The van der Waals surface area contributed by atoms with E-state index < -0.39 is 11.7 Å². The van der Waals surface area contributed by atoms with Gasteiger partial charge in [-0.3, -0.25) is 14.5 Å². The second-order valence-electron chi connectivity index (χ2n) is 8.13. The van der Waals surface area contributed by atoms with Crippen molar-refractivity contribution in [2.45, 2.75) is 45.3 Å². The number of hydrogen-bond donors (Lipinski definition) is 1. The molecule has 3 rings (SSSR count). The smallest absolute Gasteiger partial charge is 0.407 e. The first-order chi connectivity index (χ1) is 13.7. The fourth-order valence-electron chi connectivity index (χ4n) is 3.33. The number of benzene rings is 2. The quantitative estimate of drug-likeness (QED) is 0.756. The van der Waals surface area contributed by atoms with Crippen molar-refractivity contribution in [2.75, 3.05) is 6.54 Å². The summed E-state index contributed by atoms with van der Waals surface area (Å²) in [6.45, 7) is 5.63. The number of carbonyl (C=O) groups excluding carboxylic acids is 3. The molecule has 0 fully saturated rings. The Bertz CT molecular complexity index is 868. The van der Waals surface area contributed by atoms with Gasteiger partial charge in [-0.2, -0.15) is 0 Å². The second kappa shape index (κ2) is 8.47. The van der Waals surface area contributed by atoms with Gasteiger partial charge >= 0.3 is 6.09 Å². The molecule has 0 bridgehead atoms. The predicted octanol–water partition coefficient (Wildman–Crippen LogP) is 3.81. The highest BCUT2D eigenvalue weighted by atomic mass is 16.6. The van der Waals surface area contributed by atoms with E-state index in [1.54, 1.807) is 45.0 Å².